The fourth-order valence-electron chi connectivity index (χ4n) is 3.52. The van der Waals surface area contributed by atoms with E-state index in [-0.39, 0.29) is 18.1 Å². The summed E-state index contributed by atoms with van der Waals surface area (Å²) >= 11 is 0. The van der Waals surface area contributed by atoms with Crippen molar-refractivity contribution in [3.8, 4) is 0 Å². The van der Waals surface area contributed by atoms with Gasteiger partial charge in [-0.25, -0.2) is 0 Å². The molecule has 118 valence electrons. The van der Waals surface area contributed by atoms with Gasteiger partial charge in [0.2, 0.25) is 0 Å². The molecular weight excluding hydrogens is 276 g/mol. The normalized spacial score (nSPS) is 33.5. The van der Waals surface area contributed by atoms with Crippen LogP contribution >= 0.6 is 0 Å². The second kappa shape index (κ2) is 5.91. The standard InChI is InChI=1S/C14H28N2O3S/c1-14(2,3)15-20(18,19)16-10-5-4-8-12(16)11-7-6-9-13(11)17/h11-13,15,17H,4-10H2,1-3H3. The SMILES string of the molecule is CC(C)(C)NS(=O)(=O)N1CCCCC1C1CCCC1O. The van der Waals surface area contributed by atoms with E-state index in [0.29, 0.717) is 6.54 Å². The molecule has 2 N–H and O–H groups in total. The fraction of sp³-hybridized carbons (Fsp3) is 1.00. The molecule has 1 heterocycles. The highest BCUT2D eigenvalue weighted by Crippen LogP contribution is 2.36. The first-order valence-corrected chi connectivity index (χ1v) is 9.13. The minimum Gasteiger partial charge on any atom is -0.393 e. The van der Waals surface area contributed by atoms with E-state index >= 15 is 0 Å². The van der Waals surface area contributed by atoms with Crippen LogP contribution in [0.15, 0.2) is 0 Å². The maximum absolute atomic E-state index is 12.6. The van der Waals surface area contributed by atoms with Gasteiger partial charge >= 0.3 is 0 Å². The Labute approximate surface area is 122 Å². The lowest BCUT2D eigenvalue weighted by molar-refractivity contribution is 0.0715. The van der Waals surface area contributed by atoms with Crippen molar-refractivity contribution in [2.24, 2.45) is 5.92 Å². The Balaban J connectivity index is 2.18. The van der Waals surface area contributed by atoms with E-state index in [1.165, 1.54) is 0 Å². The summed E-state index contributed by atoms with van der Waals surface area (Å²) in [6, 6.07) is -0.0406. The van der Waals surface area contributed by atoms with Crippen molar-refractivity contribution in [2.75, 3.05) is 6.54 Å². The first-order chi connectivity index (χ1) is 9.21. The third-order valence-electron chi connectivity index (χ3n) is 4.27. The second-order valence-electron chi connectivity index (χ2n) is 7.19. The molecule has 3 unspecified atom stereocenters. The van der Waals surface area contributed by atoms with Crippen LogP contribution in [0.5, 0.6) is 0 Å². The molecule has 1 aliphatic carbocycles. The van der Waals surface area contributed by atoms with Gasteiger partial charge in [0.05, 0.1) is 6.10 Å². The highest BCUT2D eigenvalue weighted by atomic mass is 32.2. The lowest BCUT2D eigenvalue weighted by Crippen LogP contribution is -2.56. The zero-order valence-corrected chi connectivity index (χ0v) is 13.6. The van der Waals surface area contributed by atoms with Gasteiger partial charge in [-0.1, -0.05) is 12.8 Å². The Hall–Kier alpha value is -0.170. The third-order valence-corrected chi connectivity index (χ3v) is 6.21. The molecule has 2 fully saturated rings. The molecule has 0 aromatic rings. The molecule has 2 aliphatic rings. The molecule has 1 saturated carbocycles. The molecule has 0 bridgehead atoms. The fourth-order valence-corrected chi connectivity index (χ4v) is 5.40. The molecule has 1 saturated heterocycles. The lowest BCUT2D eigenvalue weighted by Gasteiger charge is -2.40. The predicted octanol–water partition coefficient (Wildman–Crippen LogP) is 1.63. The van der Waals surface area contributed by atoms with E-state index in [0.717, 1.165) is 38.5 Å². The van der Waals surface area contributed by atoms with Crippen LogP contribution in [0.4, 0.5) is 0 Å². The Morgan fingerprint density at radius 1 is 1.10 bits per heavy atom. The van der Waals surface area contributed by atoms with Gasteiger partial charge in [0.25, 0.3) is 10.2 Å². The lowest BCUT2D eigenvalue weighted by atomic mass is 9.89. The number of rotatable bonds is 3. The predicted molar refractivity (Wildman–Crippen MR) is 79.5 cm³/mol. The minimum absolute atomic E-state index is 0.0406. The Morgan fingerprint density at radius 3 is 2.35 bits per heavy atom. The summed E-state index contributed by atoms with van der Waals surface area (Å²) in [5.74, 6) is 0.104. The average Bonchev–Trinajstić information content (AvgIpc) is 2.72. The van der Waals surface area contributed by atoms with Gasteiger partial charge in [-0.15, -0.1) is 0 Å². The average molecular weight is 304 g/mol. The van der Waals surface area contributed by atoms with Crippen LogP contribution < -0.4 is 4.72 Å². The first kappa shape index (κ1) is 16.2. The van der Waals surface area contributed by atoms with Crippen LogP contribution in [0, 0.1) is 5.92 Å². The minimum atomic E-state index is -3.48. The van der Waals surface area contributed by atoms with Gasteiger partial charge in [-0.2, -0.15) is 17.4 Å². The molecule has 20 heavy (non-hydrogen) atoms. The summed E-state index contributed by atoms with van der Waals surface area (Å²) in [6.07, 6.45) is 5.23. The summed E-state index contributed by atoms with van der Waals surface area (Å²) in [7, 11) is -3.48. The molecule has 5 nitrogen and oxygen atoms in total. The van der Waals surface area contributed by atoms with Crippen molar-refractivity contribution < 1.29 is 13.5 Å². The summed E-state index contributed by atoms with van der Waals surface area (Å²) < 4.78 is 29.6. The van der Waals surface area contributed by atoms with E-state index in [2.05, 4.69) is 4.72 Å². The third kappa shape index (κ3) is 3.72. The maximum atomic E-state index is 12.6. The van der Waals surface area contributed by atoms with E-state index in [4.69, 9.17) is 0 Å². The second-order valence-corrected chi connectivity index (χ2v) is 8.82. The van der Waals surface area contributed by atoms with Gasteiger partial charge < -0.3 is 5.11 Å². The van der Waals surface area contributed by atoms with E-state index in [1.807, 2.05) is 20.8 Å². The molecule has 0 aromatic carbocycles. The van der Waals surface area contributed by atoms with Crippen molar-refractivity contribution in [1.29, 1.82) is 0 Å². The number of hydrogen-bond acceptors (Lipinski definition) is 3. The van der Waals surface area contributed by atoms with Crippen LogP contribution in [0.3, 0.4) is 0 Å². The van der Waals surface area contributed by atoms with Crippen molar-refractivity contribution in [1.82, 2.24) is 9.03 Å². The largest absolute Gasteiger partial charge is 0.393 e. The van der Waals surface area contributed by atoms with E-state index in [9.17, 15) is 13.5 Å². The van der Waals surface area contributed by atoms with Gasteiger partial charge in [-0.05, 0) is 46.5 Å². The number of hydrogen-bond donors (Lipinski definition) is 2. The van der Waals surface area contributed by atoms with Crippen LogP contribution in [0.2, 0.25) is 0 Å². The molecule has 6 heteroatoms. The van der Waals surface area contributed by atoms with Crippen molar-refractivity contribution in [2.45, 2.75) is 77.0 Å². The Morgan fingerprint density at radius 2 is 1.80 bits per heavy atom. The smallest absolute Gasteiger partial charge is 0.280 e. The number of nitrogens with zero attached hydrogens (tertiary/aromatic N) is 1. The molecule has 0 amide bonds. The van der Waals surface area contributed by atoms with Crippen LogP contribution in [0.1, 0.15) is 59.3 Å². The first-order valence-electron chi connectivity index (χ1n) is 7.69. The highest BCUT2D eigenvalue weighted by Gasteiger charge is 2.42. The van der Waals surface area contributed by atoms with Crippen LogP contribution in [-0.2, 0) is 10.2 Å². The Bertz CT molecular complexity index is 430. The van der Waals surface area contributed by atoms with Crippen LogP contribution in [0.25, 0.3) is 0 Å². The van der Waals surface area contributed by atoms with Crippen LogP contribution in [-0.4, -0.2) is 42.1 Å². The van der Waals surface area contributed by atoms with Crippen molar-refractivity contribution in [3.63, 3.8) is 0 Å². The summed E-state index contributed by atoms with van der Waals surface area (Å²) in [4.78, 5) is 0. The molecule has 0 spiro atoms. The molecule has 0 radical (unpaired) electrons. The molecule has 1 aliphatic heterocycles. The molecule has 2 rings (SSSR count). The van der Waals surface area contributed by atoms with Gasteiger partial charge in [0.15, 0.2) is 0 Å². The van der Waals surface area contributed by atoms with Crippen molar-refractivity contribution in [3.05, 3.63) is 0 Å². The number of aliphatic hydroxyl groups excluding tert-OH is 1. The van der Waals surface area contributed by atoms with Gasteiger partial charge in [0, 0.05) is 24.0 Å². The molecule has 0 aromatic heterocycles. The Kier molecular flexibility index (Phi) is 4.79. The van der Waals surface area contributed by atoms with Gasteiger partial charge in [-0.3, -0.25) is 0 Å². The molecule has 3 atom stereocenters. The monoisotopic (exact) mass is 304 g/mol. The van der Waals surface area contributed by atoms with Gasteiger partial charge in [0.1, 0.15) is 0 Å². The highest BCUT2D eigenvalue weighted by molar-refractivity contribution is 7.87. The van der Waals surface area contributed by atoms with E-state index in [1.54, 1.807) is 4.31 Å². The zero-order chi connectivity index (χ0) is 15.0. The van der Waals surface area contributed by atoms with E-state index < -0.39 is 15.7 Å². The quantitative estimate of drug-likeness (QED) is 0.832. The topological polar surface area (TPSA) is 69.6 Å². The molecular formula is C14H28N2O3S. The zero-order valence-electron chi connectivity index (χ0n) is 12.8. The maximum Gasteiger partial charge on any atom is 0.280 e. The summed E-state index contributed by atoms with van der Waals surface area (Å²) in [5.41, 5.74) is -0.477. The number of piperidine rings is 1. The summed E-state index contributed by atoms with van der Waals surface area (Å²) in [6.45, 7) is 6.13. The number of aliphatic hydroxyl groups is 1. The summed E-state index contributed by atoms with van der Waals surface area (Å²) in [5, 5.41) is 10.1. The number of nitrogens with one attached hydrogen (secondary N) is 1. The van der Waals surface area contributed by atoms with Crippen molar-refractivity contribution >= 4 is 10.2 Å².